The fourth-order valence-electron chi connectivity index (χ4n) is 0.0913. The Labute approximate surface area is 69.9 Å². The Morgan fingerprint density at radius 1 is 1.36 bits per heavy atom. The molecule has 5 heteroatoms. The summed E-state index contributed by atoms with van der Waals surface area (Å²) >= 11 is 0. The SMILES string of the molecule is CC(C)C(O)O.CCO[SiH2]O. The predicted octanol–water partition coefficient (Wildman–Crippen LogP) is -1.03. The van der Waals surface area contributed by atoms with Crippen LogP contribution in [0.3, 0.4) is 0 Å². The predicted molar refractivity (Wildman–Crippen MR) is 45.5 cm³/mol. The maximum absolute atomic E-state index is 8.19. The molecule has 0 aromatic rings. The van der Waals surface area contributed by atoms with Gasteiger partial charge in [-0.3, -0.25) is 0 Å². The third kappa shape index (κ3) is 17.8. The van der Waals surface area contributed by atoms with Crippen LogP contribution in [0.5, 0.6) is 0 Å². The molecule has 0 unspecified atom stereocenters. The molecule has 70 valence electrons. The molecule has 0 atom stereocenters. The van der Waals surface area contributed by atoms with E-state index in [4.69, 9.17) is 15.0 Å². The Morgan fingerprint density at radius 2 is 1.73 bits per heavy atom. The summed E-state index contributed by atoms with van der Waals surface area (Å²) in [7, 11) is -1.09. The molecule has 11 heavy (non-hydrogen) atoms. The summed E-state index contributed by atoms with van der Waals surface area (Å²) in [5, 5.41) is 16.4. The van der Waals surface area contributed by atoms with Crippen LogP contribution in [0, 0.1) is 5.92 Å². The van der Waals surface area contributed by atoms with E-state index in [1.807, 2.05) is 6.92 Å². The normalized spacial score (nSPS) is 10.9. The van der Waals surface area contributed by atoms with E-state index in [1.165, 1.54) is 0 Å². The van der Waals surface area contributed by atoms with Crippen molar-refractivity contribution in [3.8, 4) is 0 Å². The molecule has 4 nitrogen and oxygen atoms in total. The first-order chi connectivity index (χ1) is 5.06. The van der Waals surface area contributed by atoms with Gasteiger partial charge in [-0.2, -0.15) is 0 Å². The second-order valence-corrected chi connectivity index (χ2v) is 2.95. The van der Waals surface area contributed by atoms with Crippen molar-refractivity contribution in [2.75, 3.05) is 6.61 Å². The van der Waals surface area contributed by atoms with E-state index in [0.29, 0.717) is 6.61 Å². The fourth-order valence-corrected chi connectivity index (χ4v) is 0.274. The van der Waals surface area contributed by atoms with Crippen molar-refractivity contribution in [2.24, 2.45) is 5.92 Å². The van der Waals surface area contributed by atoms with E-state index in [1.54, 1.807) is 13.8 Å². The summed E-state index contributed by atoms with van der Waals surface area (Å²) in [5.74, 6) is -0.0370. The van der Waals surface area contributed by atoms with Crippen LogP contribution in [0.25, 0.3) is 0 Å². The van der Waals surface area contributed by atoms with Gasteiger partial charge in [0.1, 0.15) is 0 Å². The zero-order valence-corrected chi connectivity index (χ0v) is 8.73. The quantitative estimate of drug-likeness (QED) is 0.385. The summed E-state index contributed by atoms with van der Waals surface area (Å²) in [6.07, 6.45) is -1.15. The summed E-state index contributed by atoms with van der Waals surface area (Å²) in [6, 6.07) is 0. The number of aliphatic hydroxyl groups is 2. The van der Waals surface area contributed by atoms with Crippen molar-refractivity contribution in [3.63, 3.8) is 0 Å². The van der Waals surface area contributed by atoms with Crippen LogP contribution in [0.1, 0.15) is 20.8 Å². The van der Waals surface area contributed by atoms with E-state index in [0.717, 1.165) is 0 Å². The first kappa shape index (κ1) is 13.6. The minimum absolute atomic E-state index is 0.0370. The fraction of sp³-hybridized carbons (Fsp3) is 1.00. The van der Waals surface area contributed by atoms with Crippen molar-refractivity contribution >= 4 is 10.0 Å². The molecule has 0 spiro atoms. The van der Waals surface area contributed by atoms with Gasteiger partial charge in [-0.15, -0.1) is 0 Å². The van der Waals surface area contributed by atoms with E-state index in [9.17, 15) is 0 Å². The van der Waals surface area contributed by atoms with Crippen molar-refractivity contribution in [1.82, 2.24) is 0 Å². The molecule has 0 rings (SSSR count). The van der Waals surface area contributed by atoms with E-state index < -0.39 is 16.3 Å². The van der Waals surface area contributed by atoms with Crippen LogP contribution in [-0.2, 0) is 4.43 Å². The third-order valence-corrected chi connectivity index (χ3v) is 1.48. The van der Waals surface area contributed by atoms with Crippen molar-refractivity contribution < 1.29 is 19.4 Å². The zero-order chi connectivity index (χ0) is 9.28. The van der Waals surface area contributed by atoms with Gasteiger partial charge in [0, 0.05) is 12.5 Å². The Morgan fingerprint density at radius 3 is 1.73 bits per heavy atom. The second kappa shape index (κ2) is 10.1. The van der Waals surface area contributed by atoms with Gasteiger partial charge in [-0.25, -0.2) is 0 Å². The minimum Gasteiger partial charge on any atom is -0.415 e. The van der Waals surface area contributed by atoms with Crippen molar-refractivity contribution in [3.05, 3.63) is 0 Å². The highest BCUT2D eigenvalue weighted by atomic mass is 28.2. The lowest BCUT2D eigenvalue weighted by atomic mass is 10.2. The number of rotatable bonds is 3. The monoisotopic (exact) mass is 182 g/mol. The second-order valence-electron chi connectivity index (χ2n) is 2.28. The molecule has 0 aliphatic heterocycles. The largest absolute Gasteiger partial charge is 0.415 e. The molecule has 0 aromatic heterocycles. The summed E-state index contributed by atoms with van der Waals surface area (Å²) < 4.78 is 4.53. The Balaban J connectivity index is 0. The van der Waals surface area contributed by atoms with Crippen LogP contribution in [-0.4, -0.2) is 37.9 Å². The number of aliphatic hydroxyl groups excluding tert-OH is 1. The van der Waals surface area contributed by atoms with Crippen LogP contribution < -0.4 is 0 Å². The topological polar surface area (TPSA) is 69.9 Å². The molecule has 0 radical (unpaired) electrons. The molecular weight excluding hydrogens is 164 g/mol. The smallest absolute Gasteiger partial charge is 0.301 e. The third-order valence-electron chi connectivity index (χ3n) is 0.892. The average Bonchev–Trinajstić information content (AvgIpc) is 1.90. The van der Waals surface area contributed by atoms with E-state index in [2.05, 4.69) is 4.43 Å². The molecule has 3 N–H and O–H groups in total. The van der Waals surface area contributed by atoms with E-state index in [-0.39, 0.29) is 5.92 Å². The lowest BCUT2D eigenvalue weighted by Gasteiger charge is -2.03. The van der Waals surface area contributed by atoms with Crippen LogP contribution >= 0.6 is 0 Å². The highest BCUT2D eigenvalue weighted by Crippen LogP contribution is 1.93. The minimum atomic E-state index is -1.15. The maximum Gasteiger partial charge on any atom is 0.301 e. The van der Waals surface area contributed by atoms with Gasteiger partial charge in [0.2, 0.25) is 0 Å². The molecular formula is C6H18O4Si. The van der Waals surface area contributed by atoms with Gasteiger partial charge >= 0.3 is 10.0 Å². The Bertz CT molecular complexity index is 59.6. The molecule has 0 heterocycles. The van der Waals surface area contributed by atoms with Crippen LogP contribution in [0.15, 0.2) is 0 Å². The van der Waals surface area contributed by atoms with Gasteiger partial charge in [-0.05, 0) is 6.92 Å². The first-order valence-corrected chi connectivity index (χ1v) is 4.81. The first-order valence-electron chi connectivity index (χ1n) is 3.61. The van der Waals surface area contributed by atoms with Gasteiger partial charge in [0.05, 0.1) is 0 Å². The van der Waals surface area contributed by atoms with Crippen LogP contribution in [0.4, 0.5) is 0 Å². The van der Waals surface area contributed by atoms with Gasteiger partial charge in [-0.1, -0.05) is 13.8 Å². The summed E-state index contributed by atoms with van der Waals surface area (Å²) in [6.45, 7) is 6.00. The van der Waals surface area contributed by atoms with E-state index >= 15 is 0 Å². The Kier molecular flexibility index (Phi) is 12.5. The van der Waals surface area contributed by atoms with Gasteiger partial charge < -0.3 is 19.4 Å². The molecule has 0 bridgehead atoms. The highest BCUT2D eigenvalue weighted by Gasteiger charge is 1.99. The number of hydrogen-bond acceptors (Lipinski definition) is 4. The molecule has 0 saturated heterocycles. The van der Waals surface area contributed by atoms with Crippen molar-refractivity contribution in [2.45, 2.75) is 27.1 Å². The molecule has 0 aliphatic carbocycles. The van der Waals surface area contributed by atoms with Crippen LogP contribution in [0.2, 0.25) is 0 Å². The lowest BCUT2D eigenvalue weighted by molar-refractivity contribution is -0.0731. The number of hydrogen-bond donors (Lipinski definition) is 3. The van der Waals surface area contributed by atoms with Gasteiger partial charge in [0.25, 0.3) is 0 Å². The zero-order valence-electron chi connectivity index (χ0n) is 7.32. The van der Waals surface area contributed by atoms with Gasteiger partial charge in [0.15, 0.2) is 6.29 Å². The molecule has 0 aliphatic rings. The molecule has 0 aromatic carbocycles. The highest BCUT2D eigenvalue weighted by molar-refractivity contribution is 6.15. The Hall–Kier alpha value is 0.0569. The summed E-state index contributed by atoms with van der Waals surface area (Å²) in [5.41, 5.74) is 0. The molecule has 0 amide bonds. The lowest BCUT2D eigenvalue weighted by Crippen LogP contribution is -2.11. The summed E-state index contributed by atoms with van der Waals surface area (Å²) in [4.78, 5) is 7.98. The standard InChI is InChI=1S/C4H10O2.C2H8O2Si/c1-3(2)4(5)6;1-2-4-5-3/h3-6H,1-2H3;3H,2,5H2,1H3. The van der Waals surface area contributed by atoms with Crippen molar-refractivity contribution in [1.29, 1.82) is 0 Å². The molecule has 0 saturated carbocycles. The maximum atomic E-state index is 8.19. The average molecular weight is 182 g/mol. The molecule has 0 fully saturated rings.